The van der Waals surface area contributed by atoms with E-state index in [1.807, 2.05) is 6.92 Å². The molecular formula is C19H21N3O4. The molecule has 3 rings (SSSR count). The van der Waals surface area contributed by atoms with Crippen LogP contribution in [0.1, 0.15) is 32.8 Å². The van der Waals surface area contributed by atoms with Gasteiger partial charge in [0.05, 0.1) is 17.7 Å². The lowest BCUT2D eigenvalue weighted by Gasteiger charge is -2.36. The first-order chi connectivity index (χ1) is 12.5. The number of aliphatic hydroxyl groups is 1. The van der Waals surface area contributed by atoms with Crippen LogP contribution in [0.5, 0.6) is 5.75 Å². The summed E-state index contributed by atoms with van der Waals surface area (Å²) in [5, 5.41) is 23.1. The summed E-state index contributed by atoms with van der Waals surface area (Å²) in [6.07, 6.45) is 1.05. The molecule has 0 aliphatic carbocycles. The second kappa shape index (κ2) is 7.53. The minimum Gasteiger partial charge on any atom is -0.507 e. The van der Waals surface area contributed by atoms with Gasteiger partial charge in [-0.15, -0.1) is 0 Å². The fourth-order valence-electron chi connectivity index (χ4n) is 3.02. The number of piperidine rings is 1. The Kier molecular flexibility index (Phi) is 5.18. The van der Waals surface area contributed by atoms with Crippen LogP contribution >= 0.6 is 0 Å². The number of carbonyl (C=O) groups excluding carboxylic acids is 2. The number of aliphatic hydroxyl groups excluding tert-OH is 1. The average Bonchev–Trinajstić information content (AvgIpc) is 2.65. The number of amides is 2. The van der Waals surface area contributed by atoms with E-state index in [2.05, 4.69) is 10.3 Å². The number of pyridine rings is 1. The summed E-state index contributed by atoms with van der Waals surface area (Å²) in [4.78, 5) is 30.3. The predicted octanol–water partition coefficient (Wildman–Crippen LogP) is 1.10. The lowest BCUT2D eigenvalue weighted by atomic mass is 10.00. The Hall–Kier alpha value is -2.93. The van der Waals surface area contributed by atoms with E-state index in [0.29, 0.717) is 13.0 Å². The van der Waals surface area contributed by atoms with Crippen molar-refractivity contribution < 1.29 is 19.8 Å². The van der Waals surface area contributed by atoms with E-state index in [-0.39, 0.29) is 35.4 Å². The lowest BCUT2D eigenvalue weighted by molar-refractivity contribution is 0.0312. The monoisotopic (exact) mass is 355 g/mol. The second-order valence-electron chi connectivity index (χ2n) is 6.42. The number of likely N-dealkylation sites (tertiary alicyclic amines) is 1. The molecule has 1 aliphatic rings. The largest absolute Gasteiger partial charge is 0.507 e. The number of nitrogens with one attached hydrogen (secondary N) is 1. The summed E-state index contributed by atoms with van der Waals surface area (Å²) >= 11 is 0. The van der Waals surface area contributed by atoms with Crippen molar-refractivity contribution in [3.8, 4) is 5.75 Å². The van der Waals surface area contributed by atoms with Crippen LogP contribution in [-0.4, -0.2) is 57.1 Å². The van der Waals surface area contributed by atoms with Gasteiger partial charge in [0, 0.05) is 19.3 Å². The molecule has 1 saturated heterocycles. The summed E-state index contributed by atoms with van der Waals surface area (Å²) in [6.45, 7) is 2.29. The Labute approximate surface area is 151 Å². The number of carbonyl (C=O) groups is 2. The minimum atomic E-state index is -0.896. The van der Waals surface area contributed by atoms with Crippen LogP contribution in [0.15, 0.2) is 42.6 Å². The van der Waals surface area contributed by atoms with Crippen molar-refractivity contribution >= 4 is 11.8 Å². The molecule has 0 spiro atoms. The molecule has 0 saturated carbocycles. The van der Waals surface area contributed by atoms with Crippen LogP contribution in [0.2, 0.25) is 0 Å². The van der Waals surface area contributed by atoms with Gasteiger partial charge in [0.15, 0.2) is 0 Å². The highest BCUT2D eigenvalue weighted by atomic mass is 16.3. The third-order valence-corrected chi connectivity index (χ3v) is 4.47. The van der Waals surface area contributed by atoms with Crippen molar-refractivity contribution in [2.24, 2.45) is 0 Å². The number of aromatic nitrogens is 1. The maximum absolute atomic E-state index is 12.6. The van der Waals surface area contributed by atoms with E-state index in [1.54, 1.807) is 30.3 Å². The van der Waals surface area contributed by atoms with E-state index in [1.165, 1.54) is 17.2 Å². The number of phenols is 1. The molecule has 0 radical (unpaired) electrons. The third kappa shape index (κ3) is 3.83. The summed E-state index contributed by atoms with van der Waals surface area (Å²) in [6, 6.07) is 9.41. The number of aromatic hydroxyl groups is 1. The number of β-amino-alcohol motifs (C(OH)–C–C–N with tert-alkyl or cyclic N) is 1. The van der Waals surface area contributed by atoms with Gasteiger partial charge in [-0.25, -0.2) is 0 Å². The van der Waals surface area contributed by atoms with Gasteiger partial charge in [-0.05, 0) is 37.6 Å². The summed E-state index contributed by atoms with van der Waals surface area (Å²) in [7, 11) is 0. The zero-order valence-corrected chi connectivity index (χ0v) is 14.4. The Morgan fingerprint density at radius 1 is 1.27 bits per heavy atom. The molecule has 7 heteroatoms. The Bertz CT molecular complexity index is 810. The molecule has 2 atom stereocenters. The number of hydrogen-bond donors (Lipinski definition) is 3. The van der Waals surface area contributed by atoms with Crippen molar-refractivity contribution in [3.05, 3.63) is 59.4 Å². The SMILES string of the molecule is Cc1ccc(O)c(C(=O)N2CC[C@@H](NC(=O)c3ccccn3)[C@H](O)C2)c1. The molecule has 0 bridgehead atoms. The van der Waals surface area contributed by atoms with Crippen LogP contribution < -0.4 is 5.32 Å². The average molecular weight is 355 g/mol. The van der Waals surface area contributed by atoms with Gasteiger partial charge in [0.1, 0.15) is 11.4 Å². The van der Waals surface area contributed by atoms with Gasteiger partial charge in [0.25, 0.3) is 11.8 Å². The van der Waals surface area contributed by atoms with Crippen LogP contribution in [0.3, 0.4) is 0 Å². The minimum absolute atomic E-state index is 0.0827. The highest BCUT2D eigenvalue weighted by Gasteiger charge is 2.32. The van der Waals surface area contributed by atoms with Gasteiger partial charge >= 0.3 is 0 Å². The molecule has 1 fully saturated rings. The third-order valence-electron chi connectivity index (χ3n) is 4.47. The number of rotatable bonds is 3. The van der Waals surface area contributed by atoms with E-state index < -0.39 is 12.1 Å². The van der Waals surface area contributed by atoms with E-state index >= 15 is 0 Å². The molecule has 0 unspecified atom stereocenters. The molecule has 136 valence electrons. The van der Waals surface area contributed by atoms with Crippen LogP contribution in [0, 0.1) is 6.92 Å². The van der Waals surface area contributed by atoms with E-state index in [0.717, 1.165) is 5.56 Å². The molecular weight excluding hydrogens is 334 g/mol. The van der Waals surface area contributed by atoms with Gasteiger partial charge in [-0.2, -0.15) is 0 Å². The molecule has 2 heterocycles. The number of aryl methyl sites for hydroxylation is 1. The van der Waals surface area contributed by atoms with Gasteiger partial charge in [-0.1, -0.05) is 17.7 Å². The molecule has 1 aromatic heterocycles. The quantitative estimate of drug-likeness (QED) is 0.765. The highest BCUT2D eigenvalue weighted by molar-refractivity contribution is 5.97. The Balaban J connectivity index is 1.64. The summed E-state index contributed by atoms with van der Waals surface area (Å²) < 4.78 is 0. The standard InChI is InChI=1S/C19H21N3O4/c1-12-5-6-16(23)13(10-12)19(26)22-9-7-14(17(24)11-22)21-18(25)15-4-2-3-8-20-15/h2-6,8,10,14,17,23-24H,7,9,11H2,1H3,(H,21,25)/t14-,17-/m1/s1. The number of phenolic OH excluding ortho intramolecular Hbond substituents is 1. The fourth-order valence-corrected chi connectivity index (χ4v) is 3.02. The van der Waals surface area contributed by atoms with Crippen molar-refractivity contribution in [3.63, 3.8) is 0 Å². The predicted molar refractivity (Wildman–Crippen MR) is 94.9 cm³/mol. The zero-order valence-electron chi connectivity index (χ0n) is 14.4. The highest BCUT2D eigenvalue weighted by Crippen LogP contribution is 2.22. The van der Waals surface area contributed by atoms with Crippen molar-refractivity contribution in [1.82, 2.24) is 15.2 Å². The van der Waals surface area contributed by atoms with Crippen LogP contribution in [0.4, 0.5) is 0 Å². The fraction of sp³-hybridized carbons (Fsp3) is 0.316. The van der Waals surface area contributed by atoms with Gasteiger partial charge < -0.3 is 20.4 Å². The van der Waals surface area contributed by atoms with E-state index in [4.69, 9.17) is 0 Å². The molecule has 7 nitrogen and oxygen atoms in total. The van der Waals surface area contributed by atoms with Crippen molar-refractivity contribution in [1.29, 1.82) is 0 Å². The summed E-state index contributed by atoms with van der Waals surface area (Å²) in [5.41, 5.74) is 1.36. The first-order valence-corrected chi connectivity index (χ1v) is 8.44. The topological polar surface area (TPSA) is 103 Å². The van der Waals surface area contributed by atoms with Gasteiger partial charge in [-0.3, -0.25) is 14.6 Å². The normalized spacial score (nSPS) is 19.8. The first-order valence-electron chi connectivity index (χ1n) is 8.44. The molecule has 2 aromatic rings. The first kappa shape index (κ1) is 17.9. The molecule has 2 amide bonds. The number of hydrogen-bond acceptors (Lipinski definition) is 5. The maximum Gasteiger partial charge on any atom is 0.270 e. The number of benzene rings is 1. The van der Waals surface area contributed by atoms with Gasteiger partial charge in [0.2, 0.25) is 0 Å². The van der Waals surface area contributed by atoms with E-state index in [9.17, 15) is 19.8 Å². The summed E-state index contributed by atoms with van der Waals surface area (Å²) in [5.74, 6) is -0.772. The molecule has 1 aromatic carbocycles. The zero-order chi connectivity index (χ0) is 18.7. The lowest BCUT2D eigenvalue weighted by Crippen LogP contribution is -2.55. The molecule has 1 aliphatic heterocycles. The molecule has 26 heavy (non-hydrogen) atoms. The molecule has 3 N–H and O–H groups in total. The van der Waals surface area contributed by atoms with Crippen LogP contribution in [0.25, 0.3) is 0 Å². The smallest absolute Gasteiger partial charge is 0.270 e. The maximum atomic E-state index is 12.6. The Morgan fingerprint density at radius 2 is 2.08 bits per heavy atom. The van der Waals surface area contributed by atoms with Crippen molar-refractivity contribution in [2.45, 2.75) is 25.5 Å². The second-order valence-corrected chi connectivity index (χ2v) is 6.42. The van der Waals surface area contributed by atoms with Crippen molar-refractivity contribution in [2.75, 3.05) is 13.1 Å². The Morgan fingerprint density at radius 3 is 2.77 bits per heavy atom. The number of nitrogens with zero attached hydrogens (tertiary/aromatic N) is 2. The van der Waals surface area contributed by atoms with Crippen LogP contribution in [-0.2, 0) is 0 Å².